The third-order valence-electron chi connectivity index (χ3n) is 6.07. The van der Waals surface area contributed by atoms with Crippen LogP contribution in [0.2, 0.25) is 0 Å². The number of carbonyl (C=O) groups is 2. The van der Waals surface area contributed by atoms with Crippen LogP contribution in [-0.4, -0.2) is 71.3 Å². The number of carboxylic acid groups (broad SMARTS) is 1. The minimum absolute atomic E-state index is 0.0266. The van der Waals surface area contributed by atoms with E-state index in [-0.39, 0.29) is 30.3 Å². The van der Waals surface area contributed by atoms with Gasteiger partial charge in [-0.25, -0.2) is 9.18 Å². The van der Waals surface area contributed by atoms with Gasteiger partial charge >= 0.3 is 6.03 Å². The molecule has 172 valence electrons. The highest BCUT2D eigenvalue weighted by molar-refractivity contribution is 5.75. The molecule has 8 nitrogen and oxygen atoms in total. The molecule has 2 fully saturated rings. The number of likely N-dealkylation sites (tertiary alicyclic amines) is 1. The van der Waals surface area contributed by atoms with E-state index >= 15 is 0 Å². The lowest BCUT2D eigenvalue weighted by atomic mass is 9.89. The molecule has 0 spiro atoms. The summed E-state index contributed by atoms with van der Waals surface area (Å²) in [5.74, 6) is 1.49. The molecule has 1 aromatic carbocycles. The zero-order valence-corrected chi connectivity index (χ0v) is 18.8. The molecular weight excluding hydrogens is 413 g/mol. The Balaban J connectivity index is 0.000000913. The first-order valence-electron chi connectivity index (χ1n) is 10.7. The van der Waals surface area contributed by atoms with Crippen LogP contribution in [0.4, 0.5) is 15.0 Å². The molecule has 3 heterocycles. The molecule has 0 saturated carbocycles. The largest absolute Gasteiger partial charge is 0.483 e. The predicted octanol–water partition coefficient (Wildman–Crippen LogP) is 3.23. The summed E-state index contributed by atoms with van der Waals surface area (Å²) in [4.78, 5) is 26.9. The van der Waals surface area contributed by atoms with Gasteiger partial charge in [0.05, 0.1) is 11.7 Å². The van der Waals surface area contributed by atoms with Crippen LogP contribution in [0.3, 0.4) is 0 Å². The van der Waals surface area contributed by atoms with Gasteiger partial charge in [-0.05, 0) is 35.7 Å². The number of fused-ring (bicyclic) bond motifs is 1. The van der Waals surface area contributed by atoms with E-state index in [1.54, 1.807) is 31.1 Å². The van der Waals surface area contributed by atoms with Gasteiger partial charge in [0.2, 0.25) is 0 Å². The molecule has 2 aliphatic rings. The van der Waals surface area contributed by atoms with Gasteiger partial charge in [0.25, 0.3) is 6.47 Å². The van der Waals surface area contributed by atoms with E-state index < -0.39 is 0 Å². The zero-order valence-electron chi connectivity index (χ0n) is 18.8. The van der Waals surface area contributed by atoms with Crippen LogP contribution in [0.1, 0.15) is 37.1 Å². The highest BCUT2D eigenvalue weighted by atomic mass is 19.1. The lowest BCUT2D eigenvalue weighted by Crippen LogP contribution is -2.41. The Bertz CT molecular complexity index is 937. The molecule has 4 rings (SSSR count). The maximum absolute atomic E-state index is 14.0. The molecule has 1 N–H and O–H groups in total. The number of hydrogen-bond donors (Lipinski definition) is 1. The number of urea groups is 1. The second kappa shape index (κ2) is 9.93. The molecule has 2 amide bonds. The van der Waals surface area contributed by atoms with Crippen LogP contribution in [0.5, 0.6) is 0 Å². The minimum atomic E-state index is -0.270. The minimum Gasteiger partial charge on any atom is -0.483 e. The number of carbonyl (C=O) groups excluding carboxylic acids is 1. The van der Waals surface area contributed by atoms with Gasteiger partial charge in [-0.15, -0.1) is 5.10 Å². The maximum Gasteiger partial charge on any atom is 0.320 e. The van der Waals surface area contributed by atoms with Gasteiger partial charge in [0.15, 0.2) is 5.82 Å². The third kappa shape index (κ3) is 4.81. The zero-order chi connectivity index (χ0) is 23.4. The van der Waals surface area contributed by atoms with Crippen molar-refractivity contribution in [3.8, 4) is 0 Å². The first-order valence-corrected chi connectivity index (χ1v) is 10.7. The molecule has 3 atom stereocenters. The molecule has 2 aromatic rings. The van der Waals surface area contributed by atoms with Gasteiger partial charge in [-0.3, -0.25) is 4.79 Å². The van der Waals surface area contributed by atoms with Crippen molar-refractivity contribution in [1.82, 2.24) is 20.0 Å². The predicted molar refractivity (Wildman–Crippen MR) is 119 cm³/mol. The van der Waals surface area contributed by atoms with Crippen LogP contribution in [-0.2, 0) is 4.79 Å². The monoisotopic (exact) mass is 443 g/mol. The second-order valence-corrected chi connectivity index (χ2v) is 8.73. The molecule has 2 saturated heterocycles. The summed E-state index contributed by atoms with van der Waals surface area (Å²) in [6.45, 7) is 6.22. The molecule has 0 aliphatic carbocycles. The lowest BCUT2D eigenvalue weighted by Gasteiger charge is -2.32. The second-order valence-electron chi connectivity index (χ2n) is 8.73. The summed E-state index contributed by atoms with van der Waals surface area (Å²) in [5.41, 5.74) is 1.84. The van der Waals surface area contributed by atoms with Crippen molar-refractivity contribution in [1.29, 1.82) is 0 Å². The number of rotatable bonds is 3. The smallest absolute Gasteiger partial charge is 0.320 e. The molecule has 0 unspecified atom stereocenters. The fraction of sp³-hybridized carbons (Fsp3) is 0.478. The maximum atomic E-state index is 14.0. The molecule has 32 heavy (non-hydrogen) atoms. The number of amides is 2. The van der Waals surface area contributed by atoms with Crippen molar-refractivity contribution >= 4 is 18.3 Å². The number of nitrogens with zero attached hydrogens (tertiary/aromatic N) is 5. The third-order valence-corrected chi connectivity index (χ3v) is 6.07. The molecule has 1 aromatic heterocycles. The average molecular weight is 444 g/mol. The quantitative estimate of drug-likeness (QED) is 0.733. The van der Waals surface area contributed by atoms with Crippen LogP contribution in [0.15, 0.2) is 36.4 Å². The number of benzene rings is 1. The summed E-state index contributed by atoms with van der Waals surface area (Å²) in [7, 11) is 3.52. The van der Waals surface area contributed by atoms with Gasteiger partial charge in [0.1, 0.15) is 5.82 Å². The average Bonchev–Trinajstić information content (AvgIpc) is 3.31. The Morgan fingerprint density at radius 1 is 1.19 bits per heavy atom. The molecule has 0 bridgehead atoms. The summed E-state index contributed by atoms with van der Waals surface area (Å²) in [6, 6.07) is 10.5. The Hall–Kier alpha value is -3.23. The fourth-order valence-corrected chi connectivity index (χ4v) is 4.62. The first-order chi connectivity index (χ1) is 15.3. The first kappa shape index (κ1) is 23.4. The van der Waals surface area contributed by atoms with E-state index in [0.717, 1.165) is 30.2 Å². The van der Waals surface area contributed by atoms with Crippen molar-refractivity contribution in [2.45, 2.75) is 25.8 Å². The van der Waals surface area contributed by atoms with Crippen molar-refractivity contribution in [2.24, 2.45) is 11.8 Å². The topological polar surface area (TPSA) is 89.9 Å². The Morgan fingerprint density at radius 2 is 1.91 bits per heavy atom. The van der Waals surface area contributed by atoms with Crippen molar-refractivity contribution < 1.29 is 19.1 Å². The van der Waals surface area contributed by atoms with Gasteiger partial charge in [-0.2, -0.15) is 5.10 Å². The highest BCUT2D eigenvalue weighted by Gasteiger charge is 2.49. The van der Waals surface area contributed by atoms with E-state index in [2.05, 4.69) is 28.9 Å². The standard InChI is InChI=1S/C22H28FN5O.CH2O2/c1-14(2)19-8-9-20(25-24-19)27-11-16-12-28(22(29)26(3)4)21(18(16)13-27)15-6-5-7-17(23)10-15;2-1-3/h5-10,14,16,18,21H,11-13H2,1-4H3;1H,(H,2,3)/t16-,18-,21+;/m1./s1. The Morgan fingerprint density at radius 3 is 2.47 bits per heavy atom. The Kier molecular flexibility index (Phi) is 7.27. The van der Waals surface area contributed by atoms with Crippen LogP contribution >= 0.6 is 0 Å². The number of aromatic nitrogens is 2. The SMILES string of the molecule is CC(C)c1ccc(N2C[C@@H]3CN(C(=O)N(C)C)[C@@H](c4cccc(F)c4)[C@@H]3C2)nn1.O=CO. The molecule has 2 aliphatic heterocycles. The fourth-order valence-electron chi connectivity index (χ4n) is 4.62. The normalized spacial score (nSPS) is 21.8. The molecular formula is C23H30FN5O3. The summed E-state index contributed by atoms with van der Waals surface area (Å²) in [5, 5.41) is 15.7. The van der Waals surface area contributed by atoms with E-state index in [0.29, 0.717) is 18.4 Å². The van der Waals surface area contributed by atoms with Gasteiger partial charge in [-0.1, -0.05) is 26.0 Å². The number of hydrogen-bond acceptors (Lipinski definition) is 5. The van der Waals surface area contributed by atoms with Crippen molar-refractivity contribution in [3.63, 3.8) is 0 Å². The highest BCUT2D eigenvalue weighted by Crippen LogP contribution is 2.46. The molecule has 0 radical (unpaired) electrons. The van der Waals surface area contributed by atoms with Crippen molar-refractivity contribution in [2.75, 3.05) is 38.6 Å². The van der Waals surface area contributed by atoms with Crippen LogP contribution in [0, 0.1) is 17.7 Å². The summed E-state index contributed by atoms with van der Waals surface area (Å²) in [6.07, 6.45) is 0. The van der Waals surface area contributed by atoms with Crippen LogP contribution in [0.25, 0.3) is 0 Å². The van der Waals surface area contributed by atoms with Gasteiger partial charge in [0, 0.05) is 45.6 Å². The Labute approximate surface area is 187 Å². The van der Waals surface area contributed by atoms with E-state index in [1.165, 1.54) is 6.07 Å². The number of halogens is 1. The summed E-state index contributed by atoms with van der Waals surface area (Å²) >= 11 is 0. The van der Waals surface area contributed by atoms with Crippen LogP contribution < -0.4 is 4.90 Å². The van der Waals surface area contributed by atoms with E-state index in [1.807, 2.05) is 23.1 Å². The number of anilines is 1. The molecule has 9 heteroatoms. The van der Waals surface area contributed by atoms with Crippen molar-refractivity contribution in [3.05, 3.63) is 53.5 Å². The van der Waals surface area contributed by atoms with E-state index in [9.17, 15) is 9.18 Å². The van der Waals surface area contributed by atoms with Gasteiger partial charge < -0.3 is 19.8 Å². The lowest BCUT2D eigenvalue weighted by molar-refractivity contribution is -0.122. The summed E-state index contributed by atoms with van der Waals surface area (Å²) < 4.78 is 14.0. The van der Waals surface area contributed by atoms with E-state index in [4.69, 9.17) is 9.90 Å².